The highest BCUT2D eigenvalue weighted by atomic mass is 16.5. The first-order chi connectivity index (χ1) is 11.6. The summed E-state index contributed by atoms with van der Waals surface area (Å²) in [5.74, 6) is 1.17. The van der Waals surface area contributed by atoms with Crippen molar-refractivity contribution < 1.29 is 19.0 Å². The van der Waals surface area contributed by atoms with Gasteiger partial charge in [0, 0.05) is 23.4 Å². The molecule has 0 aliphatic heterocycles. The van der Waals surface area contributed by atoms with Crippen molar-refractivity contribution in [1.82, 2.24) is 15.6 Å². The fourth-order valence-corrected chi connectivity index (χ4v) is 2.01. The Morgan fingerprint density at radius 1 is 1.08 bits per heavy atom. The number of benzene rings is 1. The summed E-state index contributed by atoms with van der Waals surface area (Å²) in [7, 11) is 4.56. The highest BCUT2D eigenvalue weighted by Crippen LogP contribution is 2.33. The summed E-state index contributed by atoms with van der Waals surface area (Å²) in [6.07, 6.45) is 1.43. The summed E-state index contributed by atoms with van der Waals surface area (Å²) in [6.45, 7) is 0. The van der Waals surface area contributed by atoms with E-state index >= 15 is 0 Å². The lowest BCUT2D eigenvalue weighted by molar-refractivity contribution is -0.120. The molecular weight excluding hydrogens is 316 g/mol. The number of aromatic amines is 2. The predicted octanol–water partition coefficient (Wildman–Crippen LogP) is 0.422. The second kappa shape index (κ2) is 7.86. The van der Waals surface area contributed by atoms with Crippen molar-refractivity contribution in [3.8, 4) is 17.2 Å². The van der Waals surface area contributed by atoms with E-state index in [1.165, 1.54) is 33.6 Å². The minimum Gasteiger partial charge on any atom is -0.496 e. The van der Waals surface area contributed by atoms with Crippen LogP contribution < -0.4 is 25.2 Å². The van der Waals surface area contributed by atoms with Gasteiger partial charge in [-0.3, -0.25) is 14.7 Å². The Bertz CT molecular complexity index is 793. The third-order valence-electron chi connectivity index (χ3n) is 3.13. The molecule has 2 aromatic rings. The van der Waals surface area contributed by atoms with Crippen LogP contribution >= 0.6 is 0 Å². The summed E-state index contributed by atoms with van der Waals surface area (Å²) in [6, 6.07) is 4.64. The quantitative estimate of drug-likeness (QED) is 0.501. The highest BCUT2D eigenvalue weighted by molar-refractivity contribution is 5.86. The number of ether oxygens (including phenoxy) is 3. The van der Waals surface area contributed by atoms with Crippen LogP contribution in [0.3, 0.4) is 0 Å². The standard InChI is InChI=1S/C15H18N4O5/c1-22-11-7-13(24-3)12(23-2)4-9(11)8-16-18-14(20)5-10-6-15(21)19-17-10/h4,6-8H,5H2,1-3H3,(H,18,20)(H2,17,19,21)/b16-8+. The van der Waals surface area contributed by atoms with E-state index in [9.17, 15) is 9.59 Å². The fourth-order valence-electron chi connectivity index (χ4n) is 2.01. The monoisotopic (exact) mass is 334 g/mol. The molecule has 0 aliphatic carbocycles. The Morgan fingerprint density at radius 2 is 1.75 bits per heavy atom. The molecule has 0 saturated carbocycles. The zero-order valence-corrected chi connectivity index (χ0v) is 13.5. The minimum atomic E-state index is -0.374. The lowest BCUT2D eigenvalue weighted by atomic mass is 10.2. The van der Waals surface area contributed by atoms with E-state index in [0.717, 1.165) is 0 Å². The number of nitrogens with one attached hydrogen (secondary N) is 3. The maximum atomic E-state index is 11.8. The molecule has 1 aromatic carbocycles. The van der Waals surface area contributed by atoms with Gasteiger partial charge in [0.05, 0.1) is 34.0 Å². The summed E-state index contributed by atoms with van der Waals surface area (Å²) in [4.78, 5) is 22.7. The first-order valence-electron chi connectivity index (χ1n) is 6.96. The van der Waals surface area contributed by atoms with Gasteiger partial charge in [-0.2, -0.15) is 5.10 Å². The van der Waals surface area contributed by atoms with Crippen molar-refractivity contribution in [2.24, 2.45) is 5.10 Å². The van der Waals surface area contributed by atoms with Crippen LogP contribution in [0.1, 0.15) is 11.3 Å². The normalized spacial score (nSPS) is 10.6. The van der Waals surface area contributed by atoms with Gasteiger partial charge < -0.3 is 19.3 Å². The smallest absolute Gasteiger partial charge is 0.264 e. The fraction of sp³-hybridized carbons (Fsp3) is 0.267. The molecule has 0 atom stereocenters. The van der Waals surface area contributed by atoms with Crippen LogP contribution in [-0.2, 0) is 11.2 Å². The van der Waals surface area contributed by atoms with Gasteiger partial charge >= 0.3 is 0 Å². The Hall–Kier alpha value is -3.23. The van der Waals surface area contributed by atoms with E-state index in [1.54, 1.807) is 12.1 Å². The van der Waals surface area contributed by atoms with Crippen LogP contribution in [-0.4, -0.2) is 43.6 Å². The number of amides is 1. The summed E-state index contributed by atoms with van der Waals surface area (Å²) in [5.41, 5.74) is 3.15. The number of rotatable bonds is 7. The van der Waals surface area contributed by atoms with Crippen molar-refractivity contribution in [2.45, 2.75) is 6.42 Å². The third kappa shape index (κ3) is 4.15. The molecule has 128 valence electrons. The molecule has 1 amide bonds. The number of carbonyl (C=O) groups excluding carboxylic acids is 1. The number of nitrogens with zero attached hydrogens (tertiary/aromatic N) is 1. The van der Waals surface area contributed by atoms with Gasteiger partial charge in [-0.05, 0) is 6.07 Å². The van der Waals surface area contributed by atoms with Crippen molar-refractivity contribution in [1.29, 1.82) is 0 Å². The van der Waals surface area contributed by atoms with Crippen LogP contribution in [0.25, 0.3) is 0 Å². The number of hydrazone groups is 1. The molecule has 0 unspecified atom stereocenters. The van der Waals surface area contributed by atoms with Crippen LogP contribution in [0.5, 0.6) is 17.2 Å². The van der Waals surface area contributed by atoms with Crippen LogP contribution in [0.4, 0.5) is 0 Å². The maximum absolute atomic E-state index is 11.8. The molecule has 0 saturated heterocycles. The first kappa shape index (κ1) is 17.1. The second-order valence-corrected chi connectivity index (χ2v) is 4.70. The lowest BCUT2D eigenvalue weighted by Crippen LogP contribution is -2.20. The third-order valence-corrected chi connectivity index (χ3v) is 3.13. The molecule has 0 spiro atoms. The Balaban J connectivity index is 2.07. The van der Waals surface area contributed by atoms with Gasteiger partial charge in [0.2, 0.25) is 5.91 Å². The number of hydrogen-bond donors (Lipinski definition) is 3. The molecule has 1 heterocycles. The highest BCUT2D eigenvalue weighted by Gasteiger charge is 2.10. The molecule has 0 aliphatic rings. The summed E-state index contributed by atoms with van der Waals surface area (Å²) < 4.78 is 15.7. The zero-order valence-electron chi connectivity index (χ0n) is 13.5. The van der Waals surface area contributed by atoms with E-state index < -0.39 is 0 Å². The van der Waals surface area contributed by atoms with E-state index in [1.807, 2.05) is 0 Å². The molecule has 0 fully saturated rings. The number of methoxy groups -OCH3 is 3. The molecule has 24 heavy (non-hydrogen) atoms. The first-order valence-corrected chi connectivity index (χ1v) is 6.96. The Labute approximate surface area is 137 Å². The lowest BCUT2D eigenvalue weighted by Gasteiger charge is -2.11. The molecule has 3 N–H and O–H groups in total. The van der Waals surface area contributed by atoms with E-state index in [2.05, 4.69) is 20.7 Å². The van der Waals surface area contributed by atoms with Gasteiger partial charge in [0.1, 0.15) is 5.75 Å². The minimum absolute atomic E-state index is 0.000845. The average molecular weight is 334 g/mol. The number of carbonyl (C=O) groups is 1. The average Bonchev–Trinajstić information content (AvgIpc) is 2.98. The van der Waals surface area contributed by atoms with E-state index in [4.69, 9.17) is 14.2 Å². The maximum Gasteiger partial charge on any atom is 0.264 e. The molecule has 0 bridgehead atoms. The van der Waals surface area contributed by atoms with Crippen molar-refractivity contribution in [3.05, 3.63) is 39.8 Å². The predicted molar refractivity (Wildman–Crippen MR) is 87.0 cm³/mol. The number of hydrogen-bond acceptors (Lipinski definition) is 6. The van der Waals surface area contributed by atoms with Gasteiger partial charge in [-0.15, -0.1) is 0 Å². The van der Waals surface area contributed by atoms with Gasteiger partial charge in [-0.25, -0.2) is 5.43 Å². The molecule has 1 aromatic heterocycles. The van der Waals surface area contributed by atoms with Gasteiger partial charge in [0.25, 0.3) is 5.56 Å². The van der Waals surface area contributed by atoms with Gasteiger partial charge in [0.15, 0.2) is 11.5 Å². The van der Waals surface area contributed by atoms with E-state index in [-0.39, 0.29) is 17.9 Å². The van der Waals surface area contributed by atoms with Crippen molar-refractivity contribution >= 4 is 12.1 Å². The largest absolute Gasteiger partial charge is 0.496 e. The van der Waals surface area contributed by atoms with Crippen molar-refractivity contribution in [2.75, 3.05) is 21.3 Å². The Kier molecular flexibility index (Phi) is 5.61. The van der Waals surface area contributed by atoms with E-state index in [0.29, 0.717) is 28.5 Å². The number of aromatic nitrogens is 2. The zero-order chi connectivity index (χ0) is 17.5. The molecule has 2 rings (SSSR count). The van der Waals surface area contributed by atoms with Crippen LogP contribution in [0.15, 0.2) is 28.1 Å². The van der Waals surface area contributed by atoms with Crippen molar-refractivity contribution in [3.63, 3.8) is 0 Å². The SMILES string of the molecule is COc1cc(OC)c(OC)cc1/C=N/NC(=O)Cc1cc(=O)[nH][nH]1. The summed E-state index contributed by atoms with van der Waals surface area (Å²) in [5, 5.41) is 8.82. The Morgan fingerprint density at radius 3 is 2.33 bits per heavy atom. The molecule has 0 radical (unpaired) electrons. The second-order valence-electron chi connectivity index (χ2n) is 4.70. The summed E-state index contributed by atoms with van der Waals surface area (Å²) >= 11 is 0. The van der Waals surface area contributed by atoms with Crippen LogP contribution in [0, 0.1) is 0 Å². The molecule has 9 nitrogen and oxygen atoms in total. The number of H-pyrrole nitrogens is 2. The van der Waals surface area contributed by atoms with Gasteiger partial charge in [-0.1, -0.05) is 0 Å². The topological polar surface area (TPSA) is 118 Å². The van der Waals surface area contributed by atoms with Crippen LogP contribution in [0.2, 0.25) is 0 Å². The molecular formula is C15H18N4O5. The molecule has 9 heteroatoms.